The van der Waals surface area contributed by atoms with Crippen molar-refractivity contribution < 1.29 is 14.3 Å². The Morgan fingerprint density at radius 3 is 2.92 bits per heavy atom. The van der Waals surface area contributed by atoms with E-state index in [0.29, 0.717) is 15.9 Å². The molecule has 0 spiro atoms. The number of thiazole rings is 1. The van der Waals surface area contributed by atoms with Crippen molar-refractivity contribution in [1.82, 2.24) is 4.98 Å². The van der Waals surface area contributed by atoms with E-state index in [-0.39, 0.29) is 18.9 Å². The number of hydrogen-bond donors (Lipinski definition) is 1. The summed E-state index contributed by atoms with van der Waals surface area (Å²) >= 11 is 7.40. The molecule has 0 atom stereocenters. The van der Waals surface area contributed by atoms with Gasteiger partial charge >= 0.3 is 0 Å². The van der Waals surface area contributed by atoms with E-state index in [1.165, 1.54) is 11.3 Å². The summed E-state index contributed by atoms with van der Waals surface area (Å²) < 4.78 is 11.6. The fourth-order valence-electron chi connectivity index (χ4n) is 2.08. The molecule has 124 valence electrons. The summed E-state index contributed by atoms with van der Waals surface area (Å²) in [5.74, 6) is 1.17. The van der Waals surface area contributed by atoms with Crippen LogP contribution >= 0.6 is 22.9 Å². The number of hydrogen-bond acceptors (Lipinski definition) is 5. The number of fused-ring (bicyclic) bond motifs is 1. The summed E-state index contributed by atoms with van der Waals surface area (Å²) in [6.45, 7) is 0.244. The Hall–Kier alpha value is -2.31. The third kappa shape index (κ3) is 3.96. The molecule has 3 aromatic rings. The molecule has 1 aromatic heterocycles. The Kier molecular flexibility index (Phi) is 5.17. The van der Waals surface area contributed by atoms with Gasteiger partial charge in [0.25, 0.3) is 0 Å². The normalized spacial score (nSPS) is 10.6. The third-order valence-electron chi connectivity index (χ3n) is 3.27. The first-order valence-electron chi connectivity index (χ1n) is 7.27. The minimum Gasteiger partial charge on any atom is -0.497 e. The molecule has 0 unspecified atom stereocenters. The van der Waals surface area contributed by atoms with Crippen molar-refractivity contribution in [3.63, 3.8) is 0 Å². The lowest BCUT2D eigenvalue weighted by Gasteiger charge is -2.07. The molecule has 1 N–H and O–H groups in total. The standard InChI is InChI=1S/C17H15ClN2O3S/c1-22-11-6-7-13-15(10-11)24-17(19-13)20-16(21)8-9-23-14-5-3-2-4-12(14)18/h2-7,10H,8-9H2,1H3,(H,19,20,21). The number of nitrogens with one attached hydrogen (secondary N) is 1. The van der Waals surface area contributed by atoms with E-state index in [9.17, 15) is 4.79 Å². The monoisotopic (exact) mass is 362 g/mol. The quantitative estimate of drug-likeness (QED) is 0.707. The van der Waals surface area contributed by atoms with E-state index >= 15 is 0 Å². The predicted molar refractivity (Wildman–Crippen MR) is 96.4 cm³/mol. The SMILES string of the molecule is COc1ccc2nc(NC(=O)CCOc3ccccc3Cl)sc2c1. The minimum absolute atomic E-state index is 0.159. The average molecular weight is 363 g/mol. The maximum atomic E-state index is 12.0. The molecule has 24 heavy (non-hydrogen) atoms. The molecule has 1 heterocycles. The molecule has 0 saturated heterocycles. The molecule has 0 aliphatic carbocycles. The van der Waals surface area contributed by atoms with Gasteiger partial charge in [-0.05, 0) is 30.3 Å². The van der Waals surface area contributed by atoms with Crippen molar-refractivity contribution in [3.8, 4) is 11.5 Å². The van der Waals surface area contributed by atoms with Crippen LogP contribution in [-0.4, -0.2) is 24.6 Å². The highest BCUT2D eigenvalue weighted by Crippen LogP contribution is 2.29. The number of carbonyl (C=O) groups is 1. The largest absolute Gasteiger partial charge is 0.497 e. The number of benzene rings is 2. The Morgan fingerprint density at radius 1 is 1.29 bits per heavy atom. The summed E-state index contributed by atoms with van der Waals surface area (Å²) in [7, 11) is 1.61. The van der Waals surface area contributed by atoms with Crippen LogP contribution in [0.15, 0.2) is 42.5 Å². The van der Waals surface area contributed by atoms with Gasteiger partial charge in [0, 0.05) is 0 Å². The van der Waals surface area contributed by atoms with Gasteiger partial charge in [0.1, 0.15) is 11.5 Å². The molecule has 7 heteroatoms. The number of nitrogens with zero attached hydrogens (tertiary/aromatic N) is 1. The lowest BCUT2D eigenvalue weighted by Crippen LogP contribution is -2.15. The number of amides is 1. The number of para-hydroxylation sites is 1. The molecule has 0 aliphatic rings. The van der Waals surface area contributed by atoms with Crippen LogP contribution in [0.3, 0.4) is 0 Å². The molecular formula is C17H15ClN2O3S. The predicted octanol–water partition coefficient (Wildman–Crippen LogP) is 4.37. The molecule has 2 aromatic carbocycles. The van der Waals surface area contributed by atoms with Crippen LogP contribution in [0.1, 0.15) is 6.42 Å². The highest BCUT2D eigenvalue weighted by molar-refractivity contribution is 7.22. The van der Waals surface area contributed by atoms with Crippen molar-refractivity contribution in [3.05, 3.63) is 47.5 Å². The lowest BCUT2D eigenvalue weighted by atomic mass is 10.3. The van der Waals surface area contributed by atoms with E-state index in [4.69, 9.17) is 21.1 Å². The van der Waals surface area contributed by atoms with Gasteiger partial charge in [-0.2, -0.15) is 0 Å². The van der Waals surface area contributed by atoms with Crippen LogP contribution in [0.2, 0.25) is 5.02 Å². The van der Waals surface area contributed by atoms with Gasteiger partial charge in [0.2, 0.25) is 5.91 Å². The first-order chi connectivity index (χ1) is 11.7. The van der Waals surface area contributed by atoms with Gasteiger partial charge < -0.3 is 14.8 Å². The Bertz CT molecular complexity index is 866. The fourth-order valence-corrected chi connectivity index (χ4v) is 3.18. The second kappa shape index (κ2) is 7.51. The van der Waals surface area contributed by atoms with Gasteiger partial charge in [0.05, 0.1) is 35.4 Å². The molecule has 5 nitrogen and oxygen atoms in total. The molecule has 0 bridgehead atoms. The van der Waals surface area contributed by atoms with E-state index < -0.39 is 0 Å². The van der Waals surface area contributed by atoms with Crippen LogP contribution in [-0.2, 0) is 4.79 Å². The third-order valence-corrected chi connectivity index (χ3v) is 4.51. The Balaban J connectivity index is 1.56. The molecular weight excluding hydrogens is 348 g/mol. The zero-order valence-electron chi connectivity index (χ0n) is 12.9. The topological polar surface area (TPSA) is 60.5 Å². The summed E-state index contributed by atoms with van der Waals surface area (Å²) in [5.41, 5.74) is 0.823. The van der Waals surface area contributed by atoms with Crippen LogP contribution in [0.25, 0.3) is 10.2 Å². The minimum atomic E-state index is -0.159. The smallest absolute Gasteiger partial charge is 0.229 e. The Morgan fingerprint density at radius 2 is 2.12 bits per heavy atom. The van der Waals surface area contributed by atoms with E-state index in [1.807, 2.05) is 30.3 Å². The second-order valence-corrected chi connectivity index (χ2v) is 6.37. The van der Waals surface area contributed by atoms with E-state index in [2.05, 4.69) is 10.3 Å². The molecule has 3 rings (SSSR count). The van der Waals surface area contributed by atoms with Gasteiger partial charge in [-0.3, -0.25) is 4.79 Å². The molecule has 0 fully saturated rings. The number of carbonyl (C=O) groups excluding carboxylic acids is 1. The number of aromatic nitrogens is 1. The maximum absolute atomic E-state index is 12.0. The number of rotatable bonds is 6. The van der Waals surface area contributed by atoms with Crippen LogP contribution < -0.4 is 14.8 Å². The highest BCUT2D eigenvalue weighted by atomic mass is 35.5. The molecule has 0 radical (unpaired) electrons. The van der Waals surface area contributed by atoms with Crippen molar-refractivity contribution in [2.75, 3.05) is 19.0 Å². The van der Waals surface area contributed by atoms with Gasteiger partial charge in [-0.15, -0.1) is 0 Å². The fraction of sp³-hybridized carbons (Fsp3) is 0.176. The molecule has 0 saturated carbocycles. The first kappa shape index (κ1) is 16.5. The summed E-state index contributed by atoms with van der Waals surface area (Å²) in [4.78, 5) is 16.4. The summed E-state index contributed by atoms with van der Waals surface area (Å²) in [6, 6.07) is 12.8. The van der Waals surface area contributed by atoms with Crippen LogP contribution in [0.4, 0.5) is 5.13 Å². The molecule has 1 amide bonds. The summed E-state index contributed by atoms with van der Waals surface area (Å²) in [5, 5.41) is 3.87. The highest BCUT2D eigenvalue weighted by Gasteiger charge is 2.09. The van der Waals surface area contributed by atoms with Gasteiger partial charge in [-0.25, -0.2) is 4.98 Å². The lowest BCUT2D eigenvalue weighted by molar-refractivity contribution is -0.116. The summed E-state index contributed by atoms with van der Waals surface area (Å²) in [6.07, 6.45) is 0.213. The zero-order chi connectivity index (χ0) is 16.9. The van der Waals surface area contributed by atoms with Crippen molar-refractivity contribution in [2.24, 2.45) is 0 Å². The van der Waals surface area contributed by atoms with Gasteiger partial charge in [-0.1, -0.05) is 35.1 Å². The first-order valence-corrected chi connectivity index (χ1v) is 8.47. The van der Waals surface area contributed by atoms with Crippen molar-refractivity contribution in [1.29, 1.82) is 0 Å². The van der Waals surface area contributed by atoms with Crippen molar-refractivity contribution >= 4 is 44.2 Å². The number of halogens is 1. The van der Waals surface area contributed by atoms with Gasteiger partial charge in [0.15, 0.2) is 5.13 Å². The van der Waals surface area contributed by atoms with E-state index in [1.54, 1.807) is 19.2 Å². The van der Waals surface area contributed by atoms with Crippen LogP contribution in [0, 0.1) is 0 Å². The number of anilines is 1. The van der Waals surface area contributed by atoms with E-state index in [0.717, 1.165) is 16.0 Å². The maximum Gasteiger partial charge on any atom is 0.229 e. The van der Waals surface area contributed by atoms with Crippen molar-refractivity contribution in [2.45, 2.75) is 6.42 Å². The second-order valence-electron chi connectivity index (χ2n) is 4.93. The Labute approximate surface area is 148 Å². The zero-order valence-corrected chi connectivity index (χ0v) is 14.5. The van der Waals surface area contributed by atoms with Crippen LogP contribution in [0.5, 0.6) is 11.5 Å². The molecule has 0 aliphatic heterocycles. The number of methoxy groups -OCH3 is 1. The average Bonchev–Trinajstić information content (AvgIpc) is 2.97. The number of ether oxygens (including phenoxy) is 2.